The molecular formula is C16H15NO6. The Kier molecular flexibility index (Phi) is 5.14. The normalized spacial score (nSPS) is 11.3. The van der Waals surface area contributed by atoms with Gasteiger partial charge in [-0.3, -0.25) is 4.79 Å². The van der Waals surface area contributed by atoms with E-state index in [0.29, 0.717) is 11.3 Å². The molecule has 0 spiro atoms. The van der Waals surface area contributed by atoms with Crippen molar-refractivity contribution in [1.82, 2.24) is 4.73 Å². The maximum atomic E-state index is 11.0. The lowest BCUT2D eigenvalue weighted by Crippen LogP contribution is -2.23. The van der Waals surface area contributed by atoms with E-state index in [1.54, 1.807) is 26.0 Å². The third kappa shape index (κ3) is 4.70. The highest BCUT2D eigenvalue weighted by atomic mass is 16.8. The van der Waals surface area contributed by atoms with Gasteiger partial charge in [0.2, 0.25) is 0 Å². The molecule has 2 aromatic rings. The number of fused-ring (bicyclic) bond motifs is 1. The van der Waals surface area contributed by atoms with Crippen LogP contribution in [0, 0.1) is 0 Å². The third-order valence-corrected chi connectivity index (χ3v) is 2.59. The quantitative estimate of drug-likeness (QED) is 0.788. The molecule has 7 nitrogen and oxygen atoms in total. The van der Waals surface area contributed by atoms with E-state index in [9.17, 15) is 14.4 Å². The molecule has 0 unspecified atom stereocenters. The van der Waals surface area contributed by atoms with E-state index in [2.05, 4.69) is 4.74 Å². The monoisotopic (exact) mass is 317 g/mol. The molecule has 7 heteroatoms. The lowest BCUT2D eigenvalue weighted by Gasteiger charge is -2.15. The zero-order valence-electron chi connectivity index (χ0n) is 12.6. The fourth-order valence-corrected chi connectivity index (χ4v) is 1.59. The number of hydrogen-bond donors (Lipinski definition) is 0. The molecule has 2 heterocycles. The molecule has 0 amide bonds. The second-order valence-corrected chi connectivity index (χ2v) is 4.79. The van der Waals surface area contributed by atoms with Crippen LogP contribution in [0.2, 0.25) is 0 Å². The summed E-state index contributed by atoms with van der Waals surface area (Å²) < 4.78 is 10.5. The Balaban J connectivity index is 0.000000182. The van der Waals surface area contributed by atoms with Crippen LogP contribution in [0.1, 0.15) is 24.2 Å². The van der Waals surface area contributed by atoms with Crippen molar-refractivity contribution in [3.63, 3.8) is 0 Å². The first-order chi connectivity index (χ1) is 11.0. The summed E-state index contributed by atoms with van der Waals surface area (Å²) in [5, 5.41) is 0. The number of rotatable bonds is 2. The van der Waals surface area contributed by atoms with E-state index in [0.717, 1.165) is 4.73 Å². The van der Waals surface area contributed by atoms with Gasteiger partial charge in [0.1, 0.15) is 11.3 Å². The minimum absolute atomic E-state index is 0.151. The SMILES string of the molecule is CC(C)OC(=O)On1ccc(=O)cc1.O=C1Oc2ccccc21. The summed E-state index contributed by atoms with van der Waals surface area (Å²) in [6.07, 6.45) is 1.64. The van der Waals surface area contributed by atoms with Crippen molar-refractivity contribution in [2.24, 2.45) is 0 Å². The standard InChI is InChI=1S/C9H11NO4.C7H4O2/c1-7(2)13-9(12)14-10-5-3-8(11)4-6-10;8-7-5-3-1-2-4-6(5)9-7/h3-7H,1-2H3;1-4H. The largest absolute Gasteiger partial charge is 0.533 e. The highest BCUT2D eigenvalue weighted by Gasteiger charge is 2.23. The Morgan fingerprint density at radius 3 is 2.26 bits per heavy atom. The van der Waals surface area contributed by atoms with Gasteiger partial charge in [0, 0.05) is 24.5 Å². The molecule has 1 aromatic carbocycles. The maximum absolute atomic E-state index is 11.0. The molecule has 23 heavy (non-hydrogen) atoms. The Morgan fingerprint density at radius 1 is 1.09 bits per heavy atom. The topological polar surface area (TPSA) is 83.8 Å². The second kappa shape index (κ2) is 7.26. The number of aromatic nitrogens is 1. The molecule has 1 aliphatic heterocycles. The molecule has 0 atom stereocenters. The number of esters is 1. The number of ether oxygens (including phenoxy) is 2. The van der Waals surface area contributed by atoms with Crippen molar-refractivity contribution >= 4 is 12.1 Å². The minimum Gasteiger partial charge on any atom is -0.430 e. The van der Waals surface area contributed by atoms with Gasteiger partial charge in [0.15, 0.2) is 5.43 Å². The van der Waals surface area contributed by atoms with Crippen molar-refractivity contribution in [3.8, 4) is 5.75 Å². The van der Waals surface area contributed by atoms with Crippen LogP contribution in [-0.2, 0) is 4.74 Å². The molecule has 3 rings (SSSR count). The molecule has 1 aliphatic rings. The first kappa shape index (κ1) is 16.3. The van der Waals surface area contributed by atoms with Crippen LogP contribution in [-0.4, -0.2) is 23.0 Å². The predicted octanol–water partition coefficient (Wildman–Crippen LogP) is 2.04. The maximum Gasteiger partial charge on any atom is 0.533 e. The summed E-state index contributed by atoms with van der Waals surface area (Å²) in [6, 6.07) is 9.74. The summed E-state index contributed by atoms with van der Waals surface area (Å²) >= 11 is 0. The Morgan fingerprint density at radius 2 is 1.74 bits per heavy atom. The van der Waals surface area contributed by atoms with Crippen LogP contribution >= 0.6 is 0 Å². The van der Waals surface area contributed by atoms with Gasteiger partial charge >= 0.3 is 12.1 Å². The number of carbonyl (C=O) groups excluding carboxylic acids is 2. The summed E-state index contributed by atoms with van der Waals surface area (Å²) in [5.74, 6) is 0.480. The van der Waals surface area contributed by atoms with Gasteiger partial charge in [-0.25, -0.2) is 9.59 Å². The fourth-order valence-electron chi connectivity index (χ4n) is 1.59. The van der Waals surface area contributed by atoms with Crippen molar-refractivity contribution in [2.45, 2.75) is 20.0 Å². The predicted molar refractivity (Wildman–Crippen MR) is 80.3 cm³/mol. The number of benzene rings is 1. The van der Waals surface area contributed by atoms with Crippen molar-refractivity contribution in [1.29, 1.82) is 0 Å². The lowest BCUT2D eigenvalue weighted by molar-refractivity contribution is 0.0281. The second-order valence-electron chi connectivity index (χ2n) is 4.79. The van der Waals surface area contributed by atoms with Gasteiger partial charge in [0.25, 0.3) is 0 Å². The lowest BCUT2D eigenvalue weighted by atomic mass is 10.1. The van der Waals surface area contributed by atoms with Gasteiger partial charge in [-0.1, -0.05) is 12.1 Å². The fraction of sp³-hybridized carbons (Fsp3) is 0.188. The molecule has 0 saturated heterocycles. The van der Waals surface area contributed by atoms with Crippen LogP contribution in [0.4, 0.5) is 4.79 Å². The zero-order chi connectivity index (χ0) is 16.8. The number of hydrogen-bond acceptors (Lipinski definition) is 6. The highest BCUT2D eigenvalue weighted by Crippen LogP contribution is 2.27. The van der Waals surface area contributed by atoms with Crippen LogP contribution in [0.25, 0.3) is 0 Å². The van der Waals surface area contributed by atoms with Crippen LogP contribution < -0.4 is 15.0 Å². The highest BCUT2D eigenvalue weighted by molar-refractivity contribution is 6.00. The zero-order valence-corrected chi connectivity index (χ0v) is 12.6. The van der Waals surface area contributed by atoms with E-state index in [1.165, 1.54) is 24.5 Å². The molecule has 1 aromatic heterocycles. The molecule has 0 aliphatic carbocycles. The van der Waals surface area contributed by atoms with E-state index in [1.807, 2.05) is 12.1 Å². The van der Waals surface area contributed by atoms with Gasteiger partial charge in [-0.2, -0.15) is 4.73 Å². The van der Waals surface area contributed by atoms with Crippen molar-refractivity contribution in [2.75, 3.05) is 0 Å². The van der Waals surface area contributed by atoms with E-state index in [-0.39, 0.29) is 17.5 Å². The summed E-state index contributed by atoms with van der Waals surface area (Å²) in [6.45, 7) is 3.43. The molecule has 0 fully saturated rings. The average Bonchev–Trinajstić information content (AvgIpc) is 2.48. The summed E-state index contributed by atoms with van der Waals surface area (Å²) in [4.78, 5) is 36.9. The first-order valence-electron chi connectivity index (χ1n) is 6.84. The minimum atomic E-state index is -0.802. The third-order valence-electron chi connectivity index (χ3n) is 2.59. The molecule has 0 N–H and O–H groups in total. The van der Waals surface area contributed by atoms with E-state index < -0.39 is 6.16 Å². The van der Waals surface area contributed by atoms with Crippen LogP contribution in [0.3, 0.4) is 0 Å². The van der Waals surface area contributed by atoms with Crippen molar-refractivity contribution in [3.05, 3.63) is 64.6 Å². The van der Waals surface area contributed by atoms with Crippen molar-refractivity contribution < 1.29 is 23.9 Å². The summed E-state index contributed by atoms with van der Waals surface area (Å²) in [7, 11) is 0. The number of para-hydroxylation sites is 1. The van der Waals surface area contributed by atoms with E-state index in [4.69, 9.17) is 9.57 Å². The Hall–Kier alpha value is -3.09. The van der Waals surface area contributed by atoms with Gasteiger partial charge in [0.05, 0.1) is 6.10 Å². The molecule has 120 valence electrons. The molecule has 0 radical (unpaired) electrons. The Bertz CT molecular complexity index is 745. The van der Waals surface area contributed by atoms with Crippen LogP contribution in [0.5, 0.6) is 5.75 Å². The smallest absolute Gasteiger partial charge is 0.430 e. The van der Waals surface area contributed by atoms with E-state index >= 15 is 0 Å². The number of carbonyl (C=O) groups is 2. The molecule has 0 bridgehead atoms. The number of nitrogens with zero attached hydrogens (tertiary/aromatic N) is 1. The van der Waals surface area contributed by atoms with Gasteiger partial charge < -0.3 is 14.3 Å². The summed E-state index contributed by atoms with van der Waals surface area (Å²) in [5.41, 5.74) is 0.541. The molecular weight excluding hydrogens is 302 g/mol. The Labute approximate surface area is 132 Å². The van der Waals surface area contributed by atoms with Crippen LogP contribution in [0.15, 0.2) is 53.6 Å². The van der Waals surface area contributed by atoms with Gasteiger partial charge in [-0.15, -0.1) is 0 Å². The first-order valence-corrected chi connectivity index (χ1v) is 6.84. The number of pyridine rings is 1. The van der Waals surface area contributed by atoms with Gasteiger partial charge in [-0.05, 0) is 26.0 Å². The average molecular weight is 317 g/mol. The molecule has 0 saturated carbocycles.